The lowest BCUT2D eigenvalue weighted by molar-refractivity contribution is -0.136. The van der Waals surface area contributed by atoms with Crippen LogP contribution in [0.4, 0.5) is 5.69 Å². The van der Waals surface area contributed by atoms with Crippen LogP contribution in [0.2, 0.25) is 0 Å². The summed E-state index contributed by atoms with van der Waals surface area (Å²) < 4.78 is 0. The van der Waals surface area contributed by atoms with Crippen molar-refractivity contribution >= 4 is 28.2 Å². The number of Topliss-reactive ketones (excluding diaryl/α,β-unsaturated/α-hetero) is 1. The molecule has 0 unspecified atom stereocenters. The molecule has 1 amide bonds. The zero-order valence-corrected chi connectivity index (χ0v) is 17.8. The summed E-state index contributed by atoms with van der Waals surface area (Å²) in [7, 11) is 0. The van der Waals surface area contributed by atoms with Gasteiger partial charge in [0.15, 0.2) is 11.4 Å². The highest BCUT2D eigenvalue weighted by molar-refractivity contribution is 6.11. The van der Waals surface area contributed by atoms with Crippen LogP contribution in [0, 0.1) is 6.92 Å². The van der Waals surface area contributed by atoms with E-state index in [0.717, 1.165) is 21.9 Å². The molecule has 0 saturated heterocycles. The maximum Gasteiger partial charge on any atom is 0.264 e. The Morgan fingerprint density at radius 2 is 1.56 bits per heavy atom. The zero-order chi connectivity index (χ0) is 22.3. The van der Waals surface area contributed by atoms with Crippen LogP contribution in [0.1, 0.15) is 33.5 Å². The number of rotatable bonds is 5. The SMILES string of the molecule is Cc1ccccc1CN1C(=O)[C@@](O)(CC(=O)c2ccc3ccccc3c2)c2ccccc21. The first-order valence-electron chi connectivity index (χ1n) is 10.7. The molecule has 1 aliphatic heterocycles. The number of aryl methyl sites for hydroxylation is 1. The highest BCUT2D eigenvalue weighted by Crippen LogP contribution is 2.43. The smallest absolute Gasteiger partial charge is 0.264 e. The predicted molar refractivity (Wildman–Crippen MR) is 126 cm³/mol. The lowest BCUT2D eigenvalue weighted by atomic mass is 9.87. The van der Waals surface area contributed by atoms with Crippen LogP contribution in [0.15, 0.2) is 91.0 Å². The van der Waals surface area contributed by atoms with Gasteiger partial charge in [0.2, 0.25) is 0 Å². The number of fused-ring (bicyclic) bond motifs is 2. The largest absolute Gasteiger partial charge is 0.375 e. The maximum atomic E-state index is 13.5. The Hall–Kier alpha value is -3.76. The molecule has 32 heavy (non-hydrogen) atoms. The van der Waals surface area contributed by atoms with E-state index < -0.39 is 11.5 Å². The van der Waals surface area contributed by atoms with Crippen LogP contribution in [-0.2, 0) is 16.9 Å². The van der Waals surface area contributed by atoms with Gasteiger partial charge in [-0.1, -0.05) is 78.9 Å². The number of carbonyl (C=O) groups is 2. The van der Waals surface area contributed by atoms with E-state index in [1.54, 1.807) is 23.1 Å². The average molecular weight is 421 g/mol. The maximum absolute atomic E-state index is 13.5. The van der Waals surface area contributed by atoms with Crippen LogP contribution >= 0.6 is 0 Å². The van der Waals surface area contributed by atoms with Gasteiger partial charge >= 0.3 is 0 Å². The summed E-state index contributed by atoms with van der Waals surface area (Å²) in [5.74, 6) is -0.727. The van der Waals surface area contributed by atoms with Gasteiger partial charge in [0.25, 0.3) is 5.91 Å². The third-order valence-corrected chi connectivity index (χ3v) is 6.32. The third kappa shape index (κ3) is 3.29. The van der Waals surface area contributed by atoms with Crippen molar-refractivity contribution in [2.75, 3.05) is 4.90 Å². The summed E-state index contributed by atoms with van der Waals surface area (Å²) in [6.45, 7) is 2.34. The number of aliphatic hydroxyl groups is 1. The summed E-state index contributed by atoms with van der Waals surface area (Å²) >= 11 is 0. The van der Waals surface area contributed by atoms with Crippen molar-refractivity contribution in [3.8, 4) is 0 Å². The number of anilines is 1. The molecule has 5 rings (SSSR count). The first kappa shape index (κ1) is 20.2. The molecule has 1 N–H and O–H groups in total. The van der Waals surface area contributed by atoms with Crippen LogP contribution in [0.3, 0.4) is 0 Å². The Labute approximate surface area is 186 Å². The number of benzene rings is 4. The van der Waals surface area contributed by atoms with Gasteiger partial charge in [-0.25, -0.2) is 0 Å². The van der Waals surface area contributed by atoms with Crippen LogP contribution in [0.25, 0.3) is 10.8 Å². The molecule has 0 saturated carbocycles. The van der Waals surface area contributed by atoms with Crippen molar-refractivity contribution in [2.24, 2.45) is 0 Å². The summed E-state index contributed by atoms with van der Waals surface area (Å²) in [5, 5.41) is 13.5. The monoisotopic (exact) mass is 421 g/mol. The van der Waals surface area contributed by atoms with E-state index in [-0.39, 0.29) is 12.2 Å². The highest BCUT2D eigenvalue weighted by atomic mass is 16.3. The van der Waals surface area contributed by atoms with E-state index in [9.17, 15) is 14.7 Å². The summed E-state index contributed by atoms with van der Waals surface area (Å²) in [6.07, 6.45) is -0.300. The lowest BCUT2D eigenvalue weighted by Gasteiger charge is -2.23. The Bertz CT molecular complexity index is 1360. The fourth-order valence-corrected chi connectivity index (χ4v) is 4.49. The first-order valence-corrected chi connectivity index (χ1v) is 10.7. The summed E-state index contributed by atoms with van der Waals surface area (Å²) in [6, 6.07) is 28.3. The normalized spacial score (nSPS) is 17.6. The van der Waals surface area contributed by atoms with E-state index in [1.807, 2.05) is 79.7 Å². The van der Waals surface area contributed by atoms with Crippen LogP contribution < -0.4 is 4.90 Å². The molecule has 4 aromatic rings. The Morgan fingerprint density at radius 3 is 2.38 bits per heavy atom. The van der Waals surface area contributed by atoms with Gasteiger partial charge in [-0.2, -0.15) is 0 Å². The molecule has 0 radical (unpaired) electrons. The Balaban J connectivity index is 1.49. The molecule has 158 valence electrons. The van der Waals surface area contributed by atoms with Gasteiger partial charge in [-0.3, -0.25) is 9.59 Å². The number of amides is 1. The molecular weight excluding hydrogens is 398 g/mol. The van der Waals surface area contributed by atoms with E-state index in [4.69, 9.17) is 0 Å². The van der Waals surface area contributed by atoms with Gasteiger partial charge in [0.1, 0.15) is 0 Å². The average Bonchev–Trinajstić information content (AvgIpc) is 3.02. The minimum Gasteiger partial charge on any atom is -0.375 e. The quantitative estimate of drug-likeness (QED) is 0.453. The first-order chi connectivity index (χ1) is 15.5. The van der Waals surface area contributed by atoms with Crippen molar-refractivity contribution in [2.45, 2.75) is 25.5 Å². The van der Waals surface area contributed by atoms with Crippen molar-refractivity contribution in [3.05, 3.63) is 113 Å². The molecule has 0 aromatic heterocycles. The van der Waals surface area contributed by atoms with Crippen LogP contribution in [-0.4, -0.2) is 16.8 Å². The second-order valence-corrected chi connectivity index (χ2v) is 8.36. The fourth-order valence-electron chi connectivity index (χ4n) is 4.49. The molecule has 4 nitrogen and oxygen atoms in total. The molecular formula is C28H23NO3. The third-order valence-electron chi connectivity index (χ3n) is 6.32. The van der Waals surface area contributed by atoms with Crippen molar-refractivity contribution in [1.29, 1.82) is 0 Å². The van der Waals surface area contributed by atoms with Gasteiger partial charge in [-0.05, 0) is 41.0 Å². The van der Waals surface area contributed by atoms with E-state index in [1.165, 1.54) is 0 Å². The summed E-state index contributed by atoms with van der Waals surface area (Å²) in [5.41, 5.74) is 1.80. The molecule has 0 bridgehead atoms. The fraction of sp³-hybridized carbons (Fsp3) is 0.143. The Morgan fingerprint density at radius 1 is 0.875 bits per heavy atom. The molecule has 0 aliphatic carbocycles. The van der Waals surface area contributed by atoms with Crippen molar-refractivity contribution in [3.63, 3.8) is 0 Å². The number of hydrogen-bond acceptors (Lipinski definition) is 3. The number of para-hydroxylation sites is 1. The number of carbonyl (C=O) groups excluding carboxylic acids is 2. The molecule has 1 atom stereocenters. The predicted octanol–water partition coefficient (Wildman–Crippen LogP) is 5.16. The topological polar surface area (TPSA) is 57.6 Å². The minimum absolute atomic E-state index is 0.265. The van der Waals surface area contributed by atoms with Crippen LogP contribution in [0.5, 0.6) is 0 Å². The van der Waals surface area contributed by atoms with Crippen molar-refractivity contribution < 1.29 is 14.7 Å². The van der Waals surface area contributed by atoms with Gasteiger partial charge in [-0.15, -0.1) is 0 Å². The Kier molecular flexibility index (Phi) is 4.87. The minimum atomic E-state index is -1.89. The second-order valence-electron chi connectivity index (χ2n) is 8.36. The molecule has 4 aromatic carbocycles. The van der Waals surface area contributed by atoms with Gasteiger partial charge < -0.3 is 10.0 Å². The van der Waals surface area contributed by atoms with Crippen molar-refractivity contribution in [1.82, 2.24) is 0 Å². The molecule has 1 aliphatic rings. The molecule has 0 fully saturated rings. The van der Waals surface area contributed by atoms with E-state index >= 15 is 0 Å². The van der Waals surface area contributed by atoms with E-state index in [2.05, 4.69) is 0 Å². The number of ketones is 1. The molecule has 0 spiro atoms. The van der Waals surface area contributed by atoms with Gasteiger partial charge in [0.05, 0.1) is 18.7 Å². The van der Waals surface area contributed by atoms with Gasteiger partial charge in [0, 0.05) is 11.1 Å². The number of hydrogen-bond donors (Lipinski definition) is 1. The molecule has 4 heteroatoms. The second kappa shape index (κ2) is 7.74. The standard InChI is InChI=1S/C28H23NO3/c1-19-8-2-3-11-23(19)18-29-25-13-7-6-12-24(25)28(32,27(29)31)17-26(30)22-15-14-20-9-4-5-10-21(20)16-22/h2-16,32H,17-18H2,1H3/t28-/m1/s1. The zero-order valence-electron chi connectivity index (χ0n) is 17.8. The lowest BCUT2D eigenvalue weighted by Crippen LogP contribution is -2.41. The summed E-state index contributed by atoms with van der Waals surface area (Å²) in [4.78, 5) is 28.3. The van der Waals surface area contributed by atoms with E-state index in [0.29, 0.717) is 23.4 Å². The molecule has 1 heterocycles. The number of nitrogens with zero attached hydrogens (tertiary/aromatic N) is 1. The highest BCUT2D eigenvalue weighted by Gasteiger charge is 2.50.